The average molecular weight is 467 g/mol. The van der Waals surface area contributed by atoms with Gasteiger partial charge in [0.05, 0.1) is 23.4 Å². The number of para-hydroxylation sites is 2. The quantitative estimate of drug-likeness (QED) is 0.566. The van der Waals surface area contributed by atoms with Crippen LogP contribution in [0.25, 0.3) is 0 Å². The van der Waals surface area contributed by atoms with Crippen molar-refractivity contribution >= 4 is 34.8 Å². The summed E-state index contributed by atoms with van der Waals surface area (Å²) in [5.74, 6) is -1.75. The Morgan fingerprint density at radius 1 is 1.00 bits per heavy atom. The number of carbonyl (C=O) groups is 3. The molecule has 0 aliphatic carbocycles. The largest absolute Gasteiger partial charge is 0.416 e. The molecule has 4 rings (SSSR count). The van der Waals surface area contributed by atoms with Gasteiger partial charge in [-0.2, -0.15) is 13.2 Å². The standard InChI is InChI=1S/C25H20F3N3O3/c1-15-9-11-16(12-10-15)24(34)31-20-8-3-2-7-19(20)30-23(33)21(31)14-22(32)29-18-6-4-5-17(13-18)25(26,27)28/h2-13,21H,14H2,1H3,(H,29,32)(H,30,33)/t21-/m0/s1. The van der Waals surface area contributed by atoms with Crippen LogP contribution in [0.4, 0.5) is 30.2 Å². The van der Waals surface area contributed by atoms with Crippen LogP contribution in [0.2, 0.25) is 0 Å². The van der Waals surface area contributed by atoms with Gasteiger partial charge in [0.2, 0.25) is 11.8 Å². The van der Waals surface area contributed by atoms with Gasteiger partial charge in [-0.25, -0.2) is 0 Å². The van der Waals surface area contributed by atoms with Gasteiger partial charge in [0.15, 0.2) is 0 Å². The number of hydrogen-bond donors (Lipinski definition) is 2. The highest BCUT2D eigenvalue weighted by atomic mass is 19.4. The summed E-state index contributed by atoms with van der Waals surface area (Å²) in [6.45, 7) is 1.87. The maximum absolute atomic E-state index is 13.4. The molecule has 1 heterocycles. The van der Waals surface area contributed by atoms with E-state index in [0.29, 0.717) is 16.9 Å². The number of anilines is 3. The van der Waals surface area contributed by atoms with Gasteiger partial charge in [0.25, 0.3) is 5.91 Å². The van der Waals surface area contributed by atoms with E-state index in [1.165, 1.54) is 17.0 Å². The van der Waals surface area contributed by atoms with Crippen LogP contribution in [-0.4, -0.2) is 23.8 Å². The molecule has 1 aliphatic heterocycles. The highest BCUT2D eigenvalue weighted by Gasteiger charge is 2.38. The summed E-state index contributed by atoms with van der Waals surface area (Å²) in [6, 6.07) is 16.5. The smallest absolute Gasteiger partial charge is 0.326 e. The second kappa shape index (κ2) is 9.01. The summed E-state index contributed by atoms with van der Waals surface area (Å²) >= 11 is 0. The fourth-order valence-electron chi connectivity index (χ4n) is 3.72. The molecule has 0 saturated heterocycles. The Morgan fingerprint density at radius 2 is 1.71 bits per heavy atom. The zero-order valence-electron chi connectivity index (χ0n) is 18.0. The van der Waals surface area contributed by atoms with Gasteiger partial charge >= 0.3 is 6.18 Å². The summed E-state index contributed by atoms with van der Waals surface area (Å²) in [4.78, 5) is 40.3. The highest BCUT2D eigenvalue weighted by molar-refractivity contribution is 6.17. The Balaban J connectivity index is 1.62. The summed E-state index contributed by atoms with van der Waals surface area (Å²) in [5.41, 5.74) is 1.15. The second-order valence-electron chi connectivity index (χ2n) is 7.89. The number of nitrogens with zero attached hydrogens (tertiary/aromatic N) is 1. The third-order valence-electron chi connectivity index (χ3n) is 5.41. The molecule has 2 N–H and O–H groups in total. The van der Waals surface area contributed by atoms with Gasteiger partial charge in [0.1, 0.15) is 6.04 Å². The molecule has 0 saturated carbocycles. The van der Waals surface area contributed by atoms with E-state index in [1.54, 1.807) is 48.5 Å². The molecule has 0 fully saturated rings. The van der Waals surface area contributed by atoms with Crippen molar-refractivity contribution in [3.8, 4) is 0 Å². The lowest BCUT2D eigenvalue weighted by atomic mass is 10.0. The van der Waals surface area contributed by atoms with Crippen LogP contribution >= 0.6 is 0 Å². The van der Waals surface area contributed by atoms with Crippen molar-refractivity contribution in [1.82, 2.24) is 0 Å². The zero-order valence-corrected chi connectivity index (χ0v) is 18.0. The molecular weight excluding hydrogens is 447 g/mol. The minimum absolute atomic E-state index is 0.0622. The number of carbonyl (C=O) groups excluding carboxylic acids is 3. The van der Waals surface area contributed by atoms with E-state index in [4.69, 9.17) is 0 Å². The Labute approximate surface area is 193 Å². The number of hydrogen-bond acceptors (Lipinski definition) is 3. The molecular formula is C25H20F3N3O3. The van der Waals surface area contributed by atoms with E-state index >= 15 is 0 Å². The number of fused-ring (bicyclic) bond motifs is 1. The molecule has 9 heteroatoms. The third-order valence-corrected chi connectivity index (χ3v) is 5.41. The zero-order chi connectivity index (χ0) is 24.5. The summed E-state index contributed by atoms with van der Waals surface area (Å²) in [7, 11) is 0. The van der Waals surface area contributed by atoms with Gasteiger partial charge in [-0.05, 0) is 49.4 Å². The van der Waals surface area contributed by atoms with E-state index in [2.05, 4.69) is 10.6 Å². The first-order chi connectivity index (χ1) is 16.1. The molecule has 0 aromatic heterocycles. The molecule has 34 heavy (non-hydrogen) atoms. The predicted molar refractivity (Wildman–Crippen MR) is 122 cm³/mol. The molecule has 3 amide bonds. The molecule has 3 aromatic rings. The molecule has 1 atom stereocenters. The van der Waals surface area contributed by atoms with Crippen LogP contribution < -0.4 is 15.5 Å². The van der Waals surface area contributed by atoms with Crippen molar-refractivity contribution < 1.29 is 27.6 Å². The van der Waals surface area contributed by atoms with Crippen LogP contribution in [-0.2, 0) is 15.8 Å². The summed E-state index contributed by atoms with van der Waals surface area (Å²) in [5, 5.41) is 5.09. The maximum Gasteiger partial charge on any atom is 0.416 e. The fourth-order valence-corrected chi connectivity index (χ4v) is 3.72. The highest BCUT2D eigenvalue weighted by Crippen LogP contribution is 2.34. The van der Waals surface area contributed by atoms with E-state index in [0.717, 1.165) is 17.7 Å². The first-order valence-corrected chi connectivity index (χ1v) is 10.4. The Kier molecular flexibility index (Phi) is 6.10. The Hall–Kier alpha value is -4.14. The van der Waals surface area contributed by atoms with Crippen molar-refractivity contribution in [3.05, 3.63) is 89.5 Å². The monoisotopic (exact) mass is 467 g/mol. The van der Waals surface area contributed by atoms with Gasteiger partial charge in [-0.1, -0.05) is 35.9 Å². The first-order valence-electron chi connectivity index (χ1n) is 10.4. The molecule has 0 radical (unpaired) electrons. The lowest BCUT2D eigenvalue weighted by Crippen LogP contribution is -2.52. The normalized spacial score (nSPS) is 15.4. The van der Waals surface area contributed by atoms with Crippen LogP contribution in [0.3, 0.4) is 0 Å². The predicted octanol–water partition coefficient (Wildman–Crippen LogP) is 5.01. The molecule has 174 valence electrons. The number of alkyl halides is 3. The van der Waals surface area contributed by atoms with E-state index in [1.807, 2.05) is 6.92 Å². The van der Waals surface area contributed by atoms with Crippen LogP contribution in [0.15, 0.2) is 72.8 Å². The maximum atomic E-state index is 13.4. The molecule has 1 aliphatic rings. The summed E-state index contributed by atoms with van der Waals surface area (Å²) < 4.78 is 39.0. The second-order valence-corrected chi connectivity index (χ2v) is 7.89. The van der Waals surface area contributed by atoms with Crippen LogP contribution in [0, 0.1) is 6.92 Å². The number of aryl methyl sites for hydroxylation is 1. The first kappa shape index (κ1) is 23.0. The number of rotatable bonds is 4. The van der Waals surface area contributed by atoms with Crippen molar-refractivity contribution in [3.63, 3.8) is 0 Å². The van der Waals surface area contributed by atoms with Crippen LogP contribution in [0.5, 0.6) is 0 Å². The van der Waals surface area contributed by atoms with E-state index in [9.17, 15) is 27.6 Å². The topological polar surface area (TPSA) is 78.5 Å². The van der Waals surface area contributed by atoms with Crippen molar-refractivity contribution in [2.45, 2.75) is 25.6 Å². The van der Waals surface area contributed by atoms with Crippen molar-refractivity contribution in [2.75, 3.05) is 15.5 Å². The van der Waals surface area contributed by atoms with Gasteiger partial charge in [0, 0.05) is 11.3 Å². The minimum Gasteiger partial charge on any atom is -0.326 e. The summed E-state index contributed by atoms with van der Waals surface area (Å²) in [6.07, 6.45) is -5.01. The Bertz CT molecular complexity index is 1260. The van der Waals surface area contributed by atoms with Gasteiger partial charge < -0.3 is 10.6 Å². The van der Waals surface area contributed by atoms with Gasteiger partial charge in [-0.3, -0.25) is 19.3 Å². The third kappa shape index (κ3) is 4.78. The SMILES string of the molecule is Cc1ccc(C(=O)N2c3ccccc3NC(=O)[C@@H]2CC(=O)Nc2cccc(C(F)(F)F)c2)cc1. The number of benzene rings is 3. The fraction of sp³-hybridized carbons (Fsp3) is 0.160. The molecule has 0 bridgehead atoms. The Morgan fingerprint density at radius 3 is 2.41 bits per heavy atom. The van der Waals surface area contributed by atoms with E-state index < -0.39 is 41.9 Å². The van der Waals surface area contributed by atoms with Gasteiger partial charge in [-0.15, -0.1) is 0 Å². The van der Waals surface area contributed by atoms with E-state index in [-0.39, 0.29) is 5.69 Å². The lowest BCUT2D eigenvalue weighted by molar-refractivity contribution is -0.137. The average Bonchev–Trinajstić information content (AvgIpc) is 2.79. The number of halogens is 3. The minimum atomic E-state index is -4.56. The van der Waals surface area contributed by atoms with Crippen molar-refractivity contribution in [2.24, 2.45) is 0 Å². The molecule has 6 nitrogen and oxygen atoms in total. The lowest BCUT2D eigenvalue weighted by Gasteiger charge is -2.36. The molecule has 0 spiro atoms. The molecule has 3 aromatic carbocycles. The number of amides is 3. The van der Waals surface area contributed by atoms with Crippen molar-refractivity contribution in [1.29, 1.82) is 0 Å². The number of nitrogens with one attached hydrogen (secondary N) is 2. The van der Waals surface area contributed by atoms with Crippen LogP contribution in [0.1, 0.15) is 27.9 Å². The molecule has 0 unspecified atom stereocenters.